The predicted octanol–water partition coefficient (Wildman–Crippen LogP) is 3.37. The van der Waals surface area contributed by atoms with Crippen LogP contribution in [0.5, 0.6) is 0 Å². The molecule has 1 amide bonds. The van der Waals surface area contributed by atoms with Gasteiger partial charge in [-0.3, -0.25) is 9.48 Å². The normalized spacial score (nSPS) is 10.7. The predicted molar refractivity (Wildman–Crippen MR) is 84.7 cm³/mol. The summed E-state index contributed by atoms with van der Waals surface area (Å²) in [5.74, 6) is -0.555. The van der Waals surface area contributed by atoms with Gasteiger partial charge in [-0.15, -0.1) is 0 Å². The van der Waals surface area contributed by atoms with Gasteiger partial charge in [0, 0.05) is 29.4 Å². The molecule has 0 aliphatic heterocycles. The molecule has 0 saturated heterocycles. The van der Waals surface area contributed by atoms with Crippen LogP contribution in [0.1, 0.15) is 35.0 Å². The van der Waals surface area contributed by atoms with E-state index >= 15 is 0 Å². The molecule has 2 rings (SSSR count). The van der Waals surface area contributed by atoms with E-state index in [1.54, 1.807) is 18.3 Å². The van der Waals surface area contributed by atoms with E-state index in [0.717, 1.165) is 18.7 Å². The molecule has 22 heavy (non-hydrogen) atoms. The highest BCUT2D eigenvalue weighted by Crippen LogP contribution is 2.19. The molecule has 0 spiro atoms. The van der Waals surface area contributed by atoms with Gasteiger partial charge in [0.2, 0.25) is 0 Å². The molecule has 0 radical (unpaired) electrons. The minimum atomic E-state index is -0.353. The first-order valence-corrected chi connectivity index (χ1v) is 7.65. The maximum atomic E-state index is 13.6. The molecule has 0 atom stereocenters. The summed E-state index contributed by atoms with van der Waals surface area (Å²) >= 11 is 5.96. The number of carbonyl (C=O) groups excluding carboxylic acids is 1. The van der Waals surface area contributed by atoms with Crippen LogP contribution in [0.25, 0.3) is 0 Å². The number of aromatic nitrogens is 2. The summed E-state index contributed by atoms with van der Waals surface area (Å²) < 4.78 is 15.4. The Morgan fingerprint density at radius 3 is 2.91 bits per heavy atom. The van der Waals surface area contributed by atoms with Gasteiger partial charge in [-0.2, -0.15) is 5.10 Å². The number of hydrogen-bond acceptors (Lipinski definition) is 2. The molecule has 6 heteroatoms. The summed E-state index contributed by atoms with van der Waals surface area (Å²) in [6, 6.07) is 4.56. The van der Waals surface area contributed by atoms with Crippen LogP contribution in [0.4, 0.5) is 4.39 Å². The fourth-order valence-corrected chi connectivity index (χ4v) is 2.53. The molecule has 1 heterocycles. The van der Waals surface area contributed by atoms with Gasteiger partial charge in [-0.1, -0.05) is 24.6 Å². The highest BCUT2D eigenvalue weighted by atomic mass is 35.5. The number of hydrogen-bond donors (Lipinski definition) is 1. The van der Waals surface area contributed by atoms with Crippen LogP contribution in [-0.2, 0) is 13.0 Å². The molecule has 0 fully saturated rings. The van der Waals surface area contributed by atoms with E-state index < -0.39 is 0 Å². The first-order valence-electron chi connectivity index (χ1n) is 7.28. The number of amides is 1. The zero-order chi connectivity index (χ0) is 16.1. The van der Waals surface area contributed by atoms with Crippen molar-refractivity contribution in [3.8, 4) is 0 Å². The number of nitrogens with one attached hydrogen (secondary N) is 1. The van der Waals surface area contributed by atoms with Gasteiger partial charge in [0.05, 0.1) is 11.8 Å². The van der Waals surface area contributed by atoms with Gasteiger partial charge in [-0.25, -0.2) is 4.39 Å². The van der Waals surface area contributed by atoms with Crippen molar-refractivity contribution in [3.63, 3.8) is 0 Å². The molecule has 0 bridgehead atoms. The average Bonchev–Trinajstić information content (AvgIpc) is 2.84. The average molecular weight is 324 g/mol. The molecule has 0 aliphatic rings. The van der Waals surface area contributed by atoms with Crippen LogP contribution in [0, 0.1) is 12.7 Å². The molecule has 0 saturated carbocycles. The van der Waals surface area contributed by atoms with E-state index in [1.165, 1.54) is 6.07 Å². The zero-order valence-electron chi connectivity index (χ0n) is 12.7. The van der Waals surface area contributed by atoms with Gasteiger partial charge in [0.25, 0.3) is 5.91 Å². The van der Waals surface area contributed by atoms with Crippen LogP contribution in [-0.4, -0.2) is 22.2 Å². The molecular formula is C16H19ClFN3O. The Hall–Kier alpha value is -1.88. The van der Waals surface area contributed by atoms with E-state index in [-0.39, 0.29) is 11.7 Å². The summed E-state index contributed by atoms with van der Waals surface area (Å²) in [5, 5.41) is 7.35. The summed E-state index contributed by atoms with van der Waals surface area (Å²) in [4.78, 5) is 12.2. The standard InChI is InChI=1S/C16H19ClFN3O/c1-3-9-21-11(2)13(10-20-21)16(22)19-8-7-12-14(17)5-4-6-15(12)18/h4-6,10H,3,7-9H2,1-2H3,(H,19,22). The van der Waals surface area contributed by atoms with E-state index in [0.29, 0.717) is 29.1 Å². The highest BCUT2D eigenvalue weighted by molar-refractivity contribution is 6.31. The quantitative estimate of drug-likeness (QED) is 0.886. The van der Waals surface area contributed by atoms with E-state index in [1.807, 2.05) is 11.6 Å². The minimum absolute atomic E-state index is 0.202. The fraction of sp³-hybridized carbons (Fsp3) is 0.375. The van der Waals surface area contributed by atoms with Crippen LogP contribution in [0.2, 0.25) is 5.02 Å². The Morgan fingerprint density at radius 1 is 1.45 bits per heavy atom. The van der Waals surface area contributed by atoms with E-state index in [2.05, 4.69) is 17.3 Å². The van der Waals surface area contributed by atoms with Crippen molar-refractivity contribution < 1.29 is 9.18 Å². The maximum Gasteiger partial charge on any atom is 0.254 e. The second-order valence-electron chi connectivity index (χ2n) is 5.07. The molecule has 2 aromatic rings. The lowest BCUT2D eigenvalue weighted by Gasteiger charge is -2.08. The van der Waals surface area contributed by atoms with Gasteiger partial charge >= 0.3 is 0 Å². The van der Waals surface area contributed by atoms with Crippen molar-refractivity contribution in [2.75, 3.05) is 6.54 Å². The molecule has 0 aliphatic carbocycles. The molecule has 1 aromatic heterocycles. The number of aryl methyl sites for hydroxylation is 1. The number of rotatable bonds is 6. The van der Waals surface area contributed by atoms with Gasteiger partial charge < -0.3 is 5.32 Å². The topological polar surface area (TPSA) is 46.9 Å². The van der Waals surface area contributed by atoms with Gasteiger partial charge in [0.1, 0.15) is 5.82 Å². The van der Waals surface area contributed by atoms with Crippen molar-refractivity contribution in [2.24, 2.45) is 0 Å². The first-order chi connectivity index (χ1) is 10.5. The van der Waals surface area contributed by atoms with E-state index in [4.69, 9.17) is 11.6 Å². The van der Waals surface area contributed by atoms with Crippen LogP contribution in [0.3, 0.4) is 0 Å². The minimum Gasteiger partial charge on any atom is -0.352 e. The summed E-state index contributed by atoms with van der Waals surface area (Å²) in [7, 11) is 0. The Bertz CT molecular complexity index is 649. The fourth-order valence-electron chi connectivity index (χ4n) is 2.27. The SMILES string of the molecule is CCCn1ncc(C(=O)NCCc2c(F)cccc2Cl)c1C. The summed E-state index contributed by atoms with van der Waals surface area (Å²) in [6.45, 7) is 5.02. The Labute approximate surface area is 134 Å². The van der Waals surface area contributed by atoms with Crippen LogP contribution < -0.4 is 5.32 Å². The van der Waals surface area contributed by atoms with Crippen molar-refractivity contribution in [2.45, 2.75) is 33.2 Å². The Kier molecular flexibility index (Phi) is 5.55. The number of benzene rings is 1. The third-order valence-electron chi connectivity index (χ3n) is 3.51. The summed E-state index contributed by atoms with van der Waals surface area (Å²) in [6.07, 6.45) is 2.87. The molecule has 4 nitrogen and oxygen atoms in total. The Balaban J connectivity index is 1.96. The Morgan fingerprint density at radius 2 is 2.23 bits per heavy atom. The smallest absolute Gasteiger partial charge is 0.254 e. The first kappa shape index (κ1) is 16.5. The molecule has 0 unspecified atom stereocenters. The van der Waals surface area contributed by atoms with Crippen molar-refractivity contribution in [3.05, 3.63) is 52.1 Å². The maximum absolute atomic E-state index is 13.6. The van der Waals surface area contributed by atoms with Gasteiger partial charge in [0.15, 0.2) is 0 Å². The third kappa shape index (κ3) is 3.65. The van der Waals surface area contributed by atoms with Crippen molar-refractivity contribution in [1.29, 1.82) is 0 Å². The molecule has 118 valence electrons. The molecule has 1 aromatic carbocycles. The molecule has 1 N–H and O–H groups in total. The lowest BCUT2D eigenvalue weighted by molar-refractivity contribution is 0.0953. The lowest BCUT2D eigenvalue weighted by atomic mass is 10.1. The number of nitrogens with zero attached hydrogens (tertiary/aromatic N) is 2. The third-order valence-corrected chi connectivity index (χ3v) is 3.86. The second kappa shape index (κ2) is 7.40. The second-order valence-corrected chi connectivity index (χ2v) is 5.48. The monoisotopic (exact) mass is 323 g/mol. The van der Waals surface area contributed by atoms with Crippen LogP contribution >= 0.6 is 11.6 Å². The highest BCUT2D eigenvalue weighted by Gasteiger charge is 2.14. The van der Waals surface area contributed by atoms with Crippen molar-refractivity contribution in [1.82, 2.24) is 15.1 Å². The summed E-state index contributed by atoms with van der Waals surface area (Å²) in [5.41, 5.74) is 1.80. The largest absolute Gasteiger partial charge is 0.352 e. The lowest BCUT2D eigenvalue weighted by Crippen LogP contribution is -2.26. The zero-order valence-corrected chi connectivity index (χ0v) is 13.5. The molecular weight excluding hydrogens is 305 g/mol. The number of carbonyl (C=O) groups is 1. The van der Waals surface area contributed by atoms with Crippen LogP contribution in [0.15, 0.2) is 24.4 Å². The van der Waals surface area contributed by atoms with Crippen molar-refractivity contribution >= 4 is 17.5 Å². The van der Waals surface area contributed by atoms with E-state index in [9.17, 15) is 9.18 Å². The number of halogens is 2. The van der Waals surface area contributed by atoms with Gasteiger partial charge in [-0.05, 0) is 31.9 Å².